The number of carbonyl (C=O) groups excluding carboxylic acids is 1. The topological polar surface area (TPSA) is 96.5 Å². The first kappa shape index (κ1) is 21.6. The lowest BCUT2D eigenvalue weighted by atomic mass is 10.2. The summed E-state index contributed by atoms with van der Waals surface area (Å²) >= 11 is 0. The van der Waals surface area contributed by atoms with E-state index in [0.717, 1.165) is 12.1 Å². The Hall–Kier alpha value is -1.40. The van der Waals surface area contributed by atoms with Gasteiger partial charge in [-0.3, -0.25) is 4.79 Å². The molecule has 0 saturated carbocycles. The third-order valence-electron chi connectivity index (χ3n) is 3.13. The number of carbonyl (C=O) groups is 1. The van der Waals surface area contributed by atoms with Crippen LogP contribution in [0, 0.1) is 0 Å². The molecule has 1 saturated heterocycles. The second-order valence-corrected chi connectivity index (χ2v) is 6.80. The van der Waals surface area contributed by atoms with E-state index in [9.17, 15) is 26.4 Å². The lowest BCUT2D eigenvalue weighted by molar-refractivity contribution is -0.122. The number of morpholine rings is 1. The molecule has 1 aromatic rings. The van der Waals surface area contributed by atoms with Crippen molar-refractivity contribution in [2.24, 2.45) is 0 Å². The van der Waals surface area contributed by atoms with Gasteiger partial charge in [0.25, 0.3) is 0 Å². The Morgan fingerprint density at radius 1 is 1.28 bits per heavy atom. The van der Waals surface area contributed by atoms with Crippen molar-refractivity contribution in [3.8, 4) is 0 Å². The van der Waals surface area contributed by atoms with Crippen molar-refractivity contribution in [1.29, 1.82) is 0 Å². The zero-order valence-electron chi connectivity index (χ0n) is 12.8. The van der Waals surface area contributed by atoms with Gasteiger partial charge in [0.15, 0.2) is 0 Å². The zero-order chi connectivity index (χ0) is 17.8. The number of ether oxygens (including phenoxy) is 1. The minimum absolute atomic E-state index is 0. The largest absolute Gasteiger partial charge is 0.402 e. The quantitative estimate of drug-likeness (QED) is 0.678. The summed E-state index contributed by atoms with van der Waals surface area (Å²) < 4.78 is 66.4. The van der Waals surface area contributed by atoms with Crippen molar-refractivity contribution in [2.45, 2.75) is 17.1 Å². The van der Waals surface area contributed by atoms with Crippen LogP contribution in [0.3, 0.4) is 0 Å². The Balaban J connectivity index is 0.00000312. The predicted molar refractivity (Wildman–Crippen MR) is 86.2 cm³/mol. The average Bonchev–Trinajstić information content (AvgIpc) is 2.54. The Labute approximate surface area is 148 Å². The van der Waals surface area contributed by atoms with Crippen LogP contribution in [0.2, 0.25) is 0 Å². The van der Waals surface area contributed by atoms with E-state index in [2.05, 4.69) is 10.6 Å². The molecular weight excluding hydrogens is 387 g/mol. The Morgan fingerprint density at radius 3 is 2.44 bits per heavy atom. The predicted octanol–water partition coefficient (Wildman–Crippen LogP) is 0.876. The molecule has 142 valence electrons. The summed E-state index contributed by atoms with van der Waals surface area (Å²) in [5, 5.41) is 5.53. The Morgan fingerprint density at radius 2 is 1.92 bits per heavy atom. The average molecular weight is 404 g/mol. The van der Waals surface area contributed by atoms with Gasteiger partial charge in [-0.15, -0.1) is 12.4 Å². The van der Waals surface area contributed by atoms with Crippen LogP contribution < -0.4 is 15.4 Å². The highest BCUT2D eigenvalue weighted by molar-refractivity contribution is 7.89. The summed E-state index contributed by atoms with van der Waals surface area (Å²) in [6.07, 6.45) is -4.64. The van der Waals surface area contributed by atoms with Crippen LogP contribution >= 0.6 is 12.4 Å². The number of anilines is 1. The summed E-state index contributed by atoms with van der Waals surface area (Å²) in [5.74, 6) is -0.347. The highest BCUT2D eigenvalue weighted by Crippen LogP contribution is 2.17. The molecule has 25 heavy (non-hydrogen) atoms. The SMILES string of the molecule is Cl.O=C(Nc1ccc(S(=O)(=O)NCC(F)(F)F)cc1)C1COCCN1. The third-order valence-corrected chi connectivity index (χ3v) is 4.55. The molecule has 1 aromatic carbocycles. The number of alkyl halides is 3. The molecule has 0 aliphatic carbocycles. The number of sulfonamides is 1. The molecule has 1 heterocycles. The van der Waals surface area contributed by atoms with Gasteiger partial charge < -0.3 is 15.4 Å². The van der Waals surface area contributed by atoms with Gasteiger partial charge in [-0.05, 0) is 24.3 Å². The van der Waals surface area contributed by atoms with Crippen LogP contribution in [-0.2, 0) is 19.6 Å². The van der Waals surface area contributed by atoms with E-state index in [0.29, 0.717) is 18.8 Å². The second kappa shape index (κ2) is 8.81. The van der Waals surface area contributed by atoms with Gasteiger partial charge in [-0.25, -0.2) is 13.1 Å². The van der Waals surface area contributed by atoms with Crippen LogP contribution in [0.5, 0.6) is 0 Å². The summed E-state index contributed by atoms with van der Waals surface area (Å²) in [7, 11) is -4.27. The number of halogens is 4. The molecule has 1 unspecified atom stereocenters. The molecule has 0 bridgehead atoms. The van der Waals surface area contributed by atoms with E-state index in [1.807, 2.05) is 0 Å². The molecule has 0 aromatic heterocycles. The summed E-state index contributed by atoms with van der Waals surface area (Å²) in [6.45, 7) is -0.373. The Bertz CT molecular complexity index is 677. The van der Waals surface area contributed by atoms with Crippen molar-refractivity contribution in [1.82, 2.24) is 10.0 Å². The van der Waals surface area contributed by atoms with Crippen molar-refractivity contribution >= 4 is 34.0 Å². The molecule has 0 radical (unpaired) electrons. The van der Waals surface area contributed by atoms with E-state index in [-0.39, 0.29) is 29.8 Å². The molecule has 12 heteroatoms. The van der Waals surface area contributed by atoms with Crippen molar-refractivity contribution in [2.75, 3.05) is 31.6 Å². The zero-order valence-corrected chi connectivity index (χ0v) is 14.4. The lowest BCUT2D eigenvalue weighted by Crippen LogP contribution is -2.48. The molecule has 1 aliphatic heterocycles. The van der Waals surface area contributed by atoms with E-state index in [4.69, 9.17) is 4.74 Å². The van der Waals surface area contributed by atoms with Crippen LogP contribution in [0.15, 0.2) is 29.2 Å². The maximum Gasteiger partial charge on any atom is 0.402 e. The smallest absolute Gasteiger partial charge is 0.378 e. The molecule has 1 amide bonds. The molecule has 7 nitrogen and oxygen atoms in total. The first-order chi connectivity index (χ1) is 11.2. The summed E-state index contributed by atoms with van der Waals surface area (Å²) in [4.78, 5) is 11.6. The van der Waals surface area contributed by atoms with Crippen LogP contribution in [0.25, 0.3) is 0 Å². The van der Waals surface area contributed by atoms with Crippen molar-refractivity contribution in [3.05, 3.63) is 24.3 Å². The van der Waals surface area contributed by atoms with E-state index >= 15 is 0 Å². The second-order valence-electron chi connectivity index (χ2n) is 5.03. The van der Waals surface area contributed by atoms with Crippen molar-refractivity contribution in [3.63, 3.8) is 0 Å². The molecular formula is C13H17ClF3N3O4S. The summed E-state index contributed by atoms with van der Waals surface area (Å²) in [6, 6.07) is 4.29. The fourth-order valence-electron chi connectivity index (χ4n) is 1.94. The van der Waals surface area contributed by atoms with Gasteiger partial charge in [0.1, 0.15) is 12.6 Å². The number of amides is 1. The van der Waals surface area contributed by atoms with Gasteiger partial charge >= 0.3 is 6.18 Å². The van der Waals surface area contributed by atoms with Gasteiger partial charge in [0, 0.05) is 12.2 Å². The molecule has 1 aliphatic rings. The highest BCUT2D eigenvalue weighted by Gasteiger charge is 2.30. The van der Waals surface area contributed by atoms with Crippen LogP contribution in [-0.4, -0.2) is 52.8 Å². The van der Waals surface area contributed by atoms with E-state index in [1.54, 1.807) is 0 Å². The van der Waals surface area contributed by atoms with Gasteiger partial charge in [0.2, 0.25) is 15.9 Å². The molecule has 3 N–H and O–H groups in total. The number of hydrogen-bond acceptors (Lipinski definition) is 5. The maximum atomic E-state index is 12.1. The number of nitrogens with one attached hydrogen (secondary N) is 3. The molecule has 1 fully saturated rings. The molecule has 2 rings (SSSR count). The highest BCUT2D eigenvalue weighted by atomic mass is 35.5. The van der Waals surface area contributed by atoms with Gasteiger partial charge in [-0.1, -0.05) is 0 Å². The standard InChI is InChI=1S/C13H16F3N3O4S.ClH/c14-13(15,16)8-18-24(21,22)10-3-1-9(2-4-10)19-12(20)11-7-23-6-5-17-11;/h1-4,11,17-18H,5-8H2,(H,19,20);1H. The third kappa shape index (κ3) is 6.78. The lowest BCUT2D eigenvalue weighted by Gasteiger charge is -2.22. The Kier molecular flexibility index (Phi) is 7.62. The van der Waals surface area contributed by atoms with Crippen LogP contribution in [0.4, 0.5) is 18.9 Å². The minimum atomic E-state index is -4.64. The van der Waals surface area contributed by atoms with Gasteiger partial charge in [0.05, 0.1) is 18.1 Å². The normalized spacial score (nSPS) is 18.3. The number of hydrogen-bond donors (Lipinski definition) is 3. The molecule has 1 atom stereocenters. The fourth-order valence-corrected chi connectivity index (χ4v) is 2.96. The van der Waals surface area contributed by atoms with Gasteiger partial charge in [-0.2, -0.15) is 13.2 Å². The minimum Gasteiger partial charge on any atom is -0.378 e. The first-order valence-corrected chi connectivity index (χ1v) is 8.44. The maximum absolute atomic E-state index is 12.1. The van der Waals surface area contributed by atoms with Crippen molar-refractivity contribution < 1.29 is 31.1 Å². The number of benzene rings is 1. The monoisotopic (exact) mass is 403 g/mol. The number of rotatable bonds is 5. The fraction of sp³-hybridized carbons (Fsp3) is 0.462. The molecule has 0 spiro atoms. The summed E-state index contributed by atoms with van der Waals surface area (Å²) in [5.41, 5.74) is 0.321. The van der Waals surface area contributed by atoms with Crippen LogP contribution in [0.1, 0.15) is 0 Å². The van der Waals surface area contributed by atoms with E-state index < -0.39 is 28.8 Å². The first-order valence-electron chi connectivity index (χ1n) is 6.96. The van der Waals surface area contributed by atoms with E-state index in [1.165, 1.54) is 16.9 Å².